The van der Waals surface area contributed by atoms with Crippen molar-refractivity contribution in [1.29, 1.82) is 0 Å². The van der Waals surface area contributed by atoms with Gasteiger partial charge in [0, 0.05) is 5.57 Å². The number of hydrogen-bond donors (Lipinski definition) is 5. The molecule has 1 fully saturated rings. The van der Waals surface area contributed by atoms with Gasteiger partial charge in [0.25, 0.3) is 0 Å². The van der Waals surface area contributed by atoms with Gasteiger partial charge in [0.1, 0.15) is 5.69 Å². The molecule has 2 aromatic heterocycles. The molecule has 3 aromatic rings. The Morgan fingerprint density at radius 2 is 2.09 bits per heavy atom. The summed E-state index contributed by atoms with van der Waals surface area (Å²) in [4.78, 5) is 29.9. The number of nitrogens with one attached hydrogen (secondary N) is 4. The number of fused-ring (bicyclic) bond motifs is 1. The second-order valence-electron chi connectivity index (χ2n) is 7.75. The number of hydrogen-bond acceptors (Lipinski definition) is 7. The molecule has 0 amide bonds. The van der Waals surface area contributed by atoms with Gasteiger partial charge in [-0.15, -0.1) is 0 Å². The largest absolute Gasteiger partial charge is 0.493 e. The normalized spacial score (nSPS) is 18.0. The molecular weight excluding hydrogens is 422 g/mol. The second-order valence-corrected chi connectivity index (χ2v) is 7.75. The monoisotopic (exact) mass is 442 g/mol. The van der Waals surface area contributed by atoms with E-state index in [1.165, 1.54) is 6.07 Å². The second kappa shape index (κ2) is 7.62. The highest BCUT2D eigenvalue weighted by Gasteiger charge is 2.25. The fourth-order valence-corrected chi connectivity index (χ4v) is 3.38. The van der Waals surface area contributed by atoms with Gasteiger partial charge in [-0.3, -0.25) is 4.98 Å². The lowest BCUT2D eigenvalue weighted by atomic mass is 10.1. The number of imidazole rings is 1. The lowest BCUT2D eigenvalue weighted by molar-refractivity contribution is 0.454. The van der Waals surface area contributed by atoms with Crippen LogP contribution in [0.15, 0.2) is 28.0 Å². The van der Waals surface area contributed by atoms with E-state index in [4.69, 9.17) is 0 Å². The molecular formula is C20H20F2N8O2. The fourth-order valence-electron chi connectivity index (χ4n) is 3.38. The molecule has 2 aliphatic rings. The van der Waals surface area contributed by atoms with E-state index in [-0.39, 0.29) is 23.6 Å². The summed E-state index contributed by atoms with van der Waals surface area (Å²) in [7, 11) is 0. The Hall–Kier alpha value is -3.96. The zero-order valence-electron chi connectivity index (χ0n) is 17.0. The van der Waals surface area contributed by atoms with Crippen LogP contribution in [0.25, 0.3) is 11.6 Å². The number of nitrogens with zero attached hydrogens (tertiary/aromatic N) is 4. The van der Waals surface area contributed by atoms with E-state index in [0.29, 0.717) is 29.1 Å². The van der Waals surface area contributed by atoms with Crippen molar-refractivity contribution in [2.24, 2.45) is 4.99 Å². The van der Waals surface area contributed by atoms with Gasteiger partial charge < -0.3 is 20.8 Å². The molecule has 166 valence electrons. The summed E-state index contributed by atoms with van der Waals surface area (Å²) in [5.74, 6) is -1.36. The fraction of sp³-hybridized carbons (Fsp3) is 0.300. The molecule has 5 N–H and O–H groups in total. The van der Waals surface area contributed by atoms with Crippen molar-refractivity contribution in [2.45, 2.75) is 31.8 Å². The Labute approximate surface area is 179 Å². The molecule has 32 heavy (non-hydrogen) atoms. The molecule has 0 spiro atoms. The van der Waals surface area contributed by atoms with Gasteiger partial charge in [-0.1, -0.05) is 6.07 Å². The topological polar surface area (TPSA) is 136 Å². The lowest BCUT2D eigenvalue weighted by Crippen LogP contribution is -2.32. The molecule has 3 heterocycles. The van der Waals surface area contributed by atoms with Crippen LogP contribution in [0, 0.1) is 11.6 Å². The Morgan fingerprint density at radius 3 is 2.78 bits per heavy atom. The average molecular weight is 442 g/mol. The van der Waals surface area contributed by atoms with E-state index in [2.05, 4.69) is 35.7 Å². The summed E-state index contributed by atoms with van der Waals surface area (Å²) in [6.45, 7) is 2.16. The van der Waals surface area contributed by atoms with E-state index >= 15 is 0 Å². The Balaban J connectivity index is 1.54. The summed E-state index contributed by atoms with van der Waals surface area (Å²) in [5.41, 5.74) is 4.50. The molecule has 0 saturated heterocycles. The first-order chi connectivity index (χ1) is 15.4. The van der Waals surface area contributed by atoms with Gasteiger partial charge in [-0.2, -0.15) is 9.97 Å². The van der Waals surface area contributed by atoms with Crippen molar-refractivity contribution in [3.8, 4) is 5.88 Å². The smallest absolute Gasteiger partial charge is 0.326 e. The number of aromatic amines is 2. The third-order valence-electron chi connectivity index (χ3n) is 5.23. The highest BCUT2D eigenvalue weighted by Crippen LogP contribution is 2.25. The lowest BCUT2D eigenvalue weighted by Gasteiger charge is -2.15. The van der Waals surface area contributed by atoms with Crippen molar-refractivity contribution in [3.05, 3.63) is 63.0 Å². The maximum atomic E-state index is 13.6. The summed E-state index contributed by atoms with van der Waals surface area (Å²) in [6, 6.07) is 3.48. The average Bonchev–Trinajstić information content (AvgIpc) is 3.38. The van der Waals surface area contributed by atoms with E-state index < -0.39 is 23.4 Å². The highest BCUT2D eigenvalue weighted by atomic mass is 19.2. The minimum absolute atomic E-state index is 0.192. The molecule has 12 heteroatoms. The van der Waals surface area contributed by atoms with Gasteiger partial charge in [-0.25, -0.2) is 23.2 Å². The minimum atomic E-state index is -0.930. The van der Waals surface area contributed by atoms with E-state index in [0.717, 1.165) is 25.0 Å². The summed E-state index contributed by atoms with van der Waals surface area (Å²) in [5, 5.41) is 13.0. The first-order valence-electron chi connectivity index (χ1n) is 10.1. The van der Waals surface area contributed by atoms with Crippen molar-refractivity contribution in [2.75, 3.05) is 17.3 Å². The molecule has 1 unspecified atom stereocenters. The third-order valence-corrected chi connectivity index (χ3v) is 5.23. The quantitative estimate of drug-likeness (QED) is 0.407. The van der Waals surface area contributed by atoms with Crippen LogP contribution in [-0.4, -0.2) is 42.3 Å². The highest BCUT2D eigenvalue weighted by molar-refractivity contribution is 5.82. The van der Waals surface area contributed by atoms with Gasteiger partial charge in [0.05, 0.1) is 18.6 Å². The number of halogens is 2. The number of anilines is 1. The van der Waals surface area contributed by atoms with E-state index in [1.54, 1.807) is 17.7 Å². The van der Waals surface area contributed by atoms with Gasteiger partial charge in [0.15, 0.2) is 17.5 Å². The standard InChI is InChI=1S/C20H20F2N8O2/c1-9(10-2-5-13(21)14(22)6-10)24-18-27-16-11(7-15-17(31)28-20(32)26-15)8-23-30(16)19(29-18)25-12-3-4-12/h2,5-7,9,12,23,31H,3-4,8H2,1H3,(H,24,25,29)(H2,26,28,32)/b11-7+. The van der Waals surface area contributed by atoms with Gasteiger partial charge >= 0.3 is 5.69 Å². The van der Waals surface area contributed by atoms with Crippen molar-refractivity contribution >= 4 is 17.6 Å². The molecule has 1 aromatic carbocycles. The molecule has 1 aliphatic heterocycles. The first kappa shape index (κ1) is 20.0. The number of aromatic nitrogens is 5. The molecule has 0 bridgehead atoms. The van der Waals surface area contributed by atoms with Crippen molar-refractivity contribution < 1.29 is 13.9 Å². The van der Waals surface area contributed by atoms with Crippen LogP contribution in [0.4, 0.5) is 14.7 Å². The maximum absolute atomic E-state index is 13.6. The number of aromatic hydroxyl groups is 1. The van der Waals surface area contributed by atoms with Crippen LogP contribution in [0.1, 0.15) is 42.9 Å². The van der Waals surface area contributed by atoms with Gasteiger partial charge in [0.2, 0.25) is 17.4 Å². The molecule has 10 nitrogen and oxygen atoms in total. The van der Waals surface area contributed by atoms with E-state index in [1.807, 2.05) is 0 Å². The first-order valence-corrected chi connectivity index (χ1v) is 10.1. The zero-order valence-corrected chi connectivity index (χ0v) is 17.0. The number of benzene rings is 1. The number of H-pyrrole nitrogens is 2. The Kier molecular flexibility index (Phi) is 4.76. The van der Waals surface area contributed by atoms with Gasteiger partial charge in [-0.05, 0) is 43.5 Å². The predicted molar refractivity (Wildman–Crippen MR) is 112 cm³/mol. The molecule has 0 radical (unpaired) electrons. The van der Waals surface area contributed by atoms with Crippen molar-refractivity contribution in [1.82, 2.24) is 24.6 Å². The van der Waals surface area contributed by atoms with Crippen LogP contribution in [-0.2, 0) is 0 Å². The summed E-state index contributed by atoms with van der Waals surface area (Å²) < 4.78 is 28.6. The molecule has 5 rings (SSSR count). The number of rotatable bonds is 5. The van der Waals surface area contributed by atoms with Crippen molar-refractivity contribution in [3.63, 3.8) is 0 Å². The van der Waals surface area contributed by atoms with Crippen LogP contribution >= 0.6 is 0 Å². The third kappa shape index (κ3) is 3.86. The summed E-state index contributed by atoms with van der Waals surface area (Å²) in [6.07, 6.45) is 3.57. The van der Waals surface area contributed by atoms with Crippen LogP contribution in [0.5, 0.6) is 5.88 Å². The van der Waals surface area contributed by atoms with Crippen LogP contribution in [0.3, 0.4) is 0 Å². The summed E-state index contributed by atoms with van der Waals surface area (Å²) >= 11 is 0. The minimum Gasteiger partial charge on any atom is -0.493 e. The maximum Gasteiger partial charge on any atom is 0.326 e. The Bertz CT molecular complexity index is 1350. The molecule has 1 aliphatic carbocycles. The molecule has 1 atom stereocenters. The van der Waals surface area contributed by atoms with Crippen LogP contribution < -0.4 is 22.1 Å². The Morgan fingerprint density at radius 1 is 1.28 bits per heavy atom. The molecule has 1 saturated carbocycles. The van der Waals surface area contributed by atoms with Crippen LogP contribution in [0.2, 0.25) is 0 Å². The SMILES string of the molecule is CC(Nc1nc2n(c(=NC3CC3)n1)NC/C2=C\c1[nH]c(=O)[nH]c1O)c1ccc(F)c(F)c1. The van der Waals surface area contributed by atoms with E-state index in [9.17, 15) is 18.7 Å². The zero-order chi connectivity index (χ0) is 22.4. The predicted octanol–water partition coefficient (Wildman–Crippen LogP) is 1.61.